The Bertz CT molecular complexity index is 798. The van der Waals surface area contributed by atoms with Crippen molar-refractivity contribution in [1.29, 1.82) is 5.26 Å². The smallest absolute Gasteiger partial charge is 0.158 e. The van der Waals surface area contributed by atoms with E-state index in [2.05, 4.69) is 26.4 Å². The van der Waals surface area contributed by atoms with Crippen LogP contribution in [0.2, 0.25) is 0 Å². The third-order valence-corrected chi connectivity index (χ3v) is 3.14. The van der Waals surface area contributed by atoms with Crippen LogP contribution >= 0.6 is 0 Å². The maximum absolute atomic E-state index is 8.95. The fourth-order valence-corrected chi connectivity index (χ4v) is 2.18. The number of hydrogen-bond acceptors (Lipinski definition) is 6. The van der Waals surface area contributed by atoms with Crippen molar-refractivity contribution >= 4 is 16.9 Å². The highest BCUT2D eigenvalue weighted by Crippen LogP contribution is 2.17. The average molecular weight is 279 g/mol. The van der Waals surface area contributed by atoms with Gasteiger partial charge in [0, 0.05) is 0 Å². The Kier molecular flexibility index (Phi) is 3.45. The van der Waals surface area contributed by atoms with Gasteiger partial charge < -0.3 is 9.99 Å². The van der Waals surface area contributed by atoms with Crippen LogP contribution in [0, 0.1) is 11.3 Å². The number of nitrogen functional groups attached to an aromatic ring is 1. The summed E-state index contributed by atoms with van der Waals surface area (Å²) >= 11 is 0. The van der Waals surface area contributed by atoms with Crippen LogP contribution in [0.4, 0.5) is 5.82 Å². The number of nitriles is 1. The summed E-state index contributed by atoms with van der Waals surface area (Å²) in [4.78, 5) is 12.9. The Hall–Kier alpha value is -2.98. The number of nitrogens with one attached hydrogen (secondary N) is 1. The molecule has 7 nitrogen and oxygen atoms in total. The van der Waals surface area contributed by atoms with Crippen LogP contribution in [-0.4, -0.2) is 19.5 Å². The molecule has 7 heteroatoms. The number of benzene rings is 1. The predicted molar refractivity (Wildman–Crippen MR) is 78.0 cm³/mol. The second-order valence-electron chi connectivity index (χ2n) is 4.48. The van der Waals surface area contributed by atoms with E-state index in [4.69, 9.17) is 11.1 Å². The molecule has 2 aromatic heterocycles. The number of nitrogens with two attached hydrogens (primary N) is 1. The van der Waals surface area contributed by atoms with Crippen molar-refractivity contribution in [3.8, 4) is 6.07 Å². The van der Waals surface area contributed by atoms with E-state index >= 15 is 0 Å². The van der Waals surface area contributed by atoms with Gasteiger partial charge in [0.05, 0.1) is 48.2 Å². The molecule has 3 aromatic rings. The van der Waals surface area contributed by atoms with Gasteiger partial charge in [-0.25, -0.2) is 15.8 Å². The lowest BCUT2D eigenvalue weighted by Crippen LogP contribution is -2.11. The highest BCUT2D eigenvalue weighted by Gasteiger charge is 2.11. The molecular formula is C14H13N7. The molecule has 1 aromatic carbocycles. The minimum Gasteiger partial charge on any atom is -0.321 e. The molecule has 0 amide bonds. The number of anilines is 1. The van der Waals surface area contributed by atoms with Gasteiger partial charge in [0.25, 0.3) is 0 Å². The Morgan fingerprint density at radius 3 is 2.81 bits per heavy atom. The molecule has 0 spiro atoms. The lowest BCUT2D eigenvalue weighted by Gasteiger charge is -2.07. The molecule has 0 bridgehead atoms. The van der Waals surface area contributed by atoms with Crippen LogP contribution in [0.1, 0.15) is 11.5 Å². The van der Waals surface area contributed by atoms with Crippen molar-refractivity contribution in [1.82, 2.24) is 19.5 Å². The third kappa shape index (κ3) is 2.52. The number of para-hydroxylation sites is 2. The Labute approximate surface area is 121 Å². The van der Waals surface area contributed by atoms with Crippen LogP contribution < -0.4 is 11.3 Å². The summed E-state index contributed by atoms with van der Waals surface area (Å²) in [5.41, 5.74) is 5.06. The summed E-state index contributed by atoms with van der Waals surface area (Å²) in [6.45, 7) is 0.509. The maximum atomic E-state index is 8.95. The van der Waals surface area contributed by atoms with E-state index in [1.807, 2.05) is 28.8 Å². The minimum atomic E-state index is 0.255. The summed E-state index contributed by atoms with van der Waals surface area (Å²) in [5.74, 6) is 6.50. The van der Waals surface area contributed by atoms with Crippen molar-refractivity contribution in [3.05, 3.63) is 48.2 Å². The molecule has 0 unspecified atom stereocenters. The molecule has 0 aliphatic heterocycles. The largest absolute Gasteiger partial charge is 0.321 e. The number of nitrogens with zero attached hydrogens (tertiary/aromatic N) is 5. The Balaban J connectivity index is 2.01. The van der Waals surface area contributed by atoms with Crippen LogP contribution in [0.5, 0.6) is 0 Å². The SMILES string of the molecule is N#CCc1nc2ccccc2n1Cc1cnc(NN)cn1. The molecule has 0 saturated carbocycles. The van der Waals surface area contributed by atoms with Gasteiger partial charge in [-0.05, 0) is 12.1 Å². The van der Waals surface area contributed by atoms with Crippen molar-refractivity contribution in [2.45, 2.75) is 13.0 Å². The van der Waals surface area contributed by atoms with Crippen molar-refractivity contribution in [2.75, 3.05) is 5.43 Å². The van der Waals surface area contributed by atoms with Gasteiger partial charge in [0.2, 0.25) is 0 Å². The summed E-state index contributed by atoms with van der Waals surface area (Å²) in [7, 11) is 0. The van der Waals surface area contributed by atoms with Gasteiger partial charge in [0.15, 0.2) is 5.82 Å². The lowest BCUT2D eigenvalue weighted by atomic mass is 10.3. The standard InChI is InChI=1S/C14H13N7/c15-6-5-14-19-11-3-1-2-4-12(11)21(14)9-10-7-18-13(20-16)8-17-10/h1-4,7-8H,5,9,16H2,(H,18,20). The van der Waals surface area contributed by atoms with Gasteiger partial charge in [-0.3, -0.25) is 4.98 Å². The van der Waals surface area contributed by atoms with Crippen molar-refractivity contribution in [2.24, 2.45) is 5.84 Å². The van der Waals surface area contributed by atoms with E-state index in [1.54, 1.807) is 12.4 Å². The summed E-state index contributed by atoms with van der Waals surface area (Å²) < 4.78 is 1.98. The second-order valence-corrected chi connectivity index (χ2v) is 4.48. The molecule has 0 aliphatic rings. The van der Waals surface area contributed by atoms with Crippen LogP contribution in [0.15, 0.2) is 36.7 Å². The third-order valence-electron chi connectivity index (χ3n) is 3.14. The number of hydrazine groups is 1. The zero-order valence-corrected chi connectivity index (χ0v) is 11.2. The monoisotopic (exact) mass is 279 g/mol. The summed E-state index contributed by atoms with van der Waals surface area (Å²) in [6, 6.07) is 9.93. The lowest BCUT2D eigenvalue weighted by molar-refractivity contribution is 0.746. The van der Waals surface area contributed by atoms with Crippen molar-refractivity contribution < 1.29 is 0 Å². The zero-order valence-electron chi connectivity index (χ0n) is 11.2. The van der Waals surface area contributed by atoms with E-state index < -0.39 is 0 Å². The van der Waals surface area contributed by atoms with Gasteiger partial charge >= 0.3 is 0 Å². The molecule has 0 radical (unpaired) electrons. The summed E-state index contributed by atoms with van der Waals surface area (Å²) in [6.07, 6.45) is 3.48. The molecule has 0 atom stereocenters. The van der Waals surface area contributed by atoms with E-state index in [1.165, 1.54) is 0 Å². The first-order chi connectivity index (χ1) is 10.3. The molecule has 0 saturated heterocycles. The molecule has 2 heterocycles. The van der Waals surface area contributed by atoms with Crippen LogP contribution in [-0.2, 0) is 13.0 Å². The number of rotatable bonds is 4. The van der Waals surface area contributed by atoms with Gasteiger partial charge in [0.1, 0.15) is 5.82 Å². The second kappa shape index (κ2) is 5.56. The molecule has 3 N–H and O–H groups in total. The topological polar surface area (TPSA) is 105 Å². The van der Waals surface area contributed by atoms with Gasteiger partial charge in [-0.15, -0.1) is 0 Å². The first kappa shape index (κ1) is 13.0. The molecule has 0 aliphatic carbocycles. The zero-order chi connectivity index (χ0) is 14.7. The number of hydrogen-bond donors (Lipinski definition) is 2. The molecular weight excluding hydrogens is 266 g/mol. The van der Waals surface area contributed by atoms with E-state index in [0.29, 0.717) is 12.4 Å². The van der Waals surface area contributed by atoms with Crippen molar-refractivity contribution in [3.63, 3.8) is 0 Å². The molecule has 3 rings (SSSR count). The Morgan fingerprint density at radius 1 is 1.24 bits per heavy atom. The van der Waals surface area contributed by atoms with E-state index in [-0.39, 0.29) is 6.42 Å². The average Bonchev–Trinajstić information content (AvgIpc) is 2.86. The molecule has 0 fully saturated rings. The fourth-order valence-electron chi connectivity index (χ4n) is 2.18. The van der Waals surface area contributed by atoms with Crippen LogP contribution in [0.3, 0.4) is 0 Å². The van der Waals surface area contributed by atoms with Gasteiger partial charge in [-0.1, -0.05) is 12.1 Å². The highest BCUT2D eigenvalue weighted by atomic mass is 15.3. The van der Waals surface area contributed by atoms with Gasteiger partial charge in [-0.2, -0.15) is 5.26 Å². The Morgan fingerprint density at radius 2 is 2.10 bits per heavy atom. The highest BCUT2D eigenvalue weighted by molar-refractivity contribution is 5.76. The maximum Gasteiger partial charge on any atom is 0.158 e. The molecule has 104 valence electrons. The summed E-state index contributed by atoms with van der Waals surface area (Å²) in [5, 5.41) is 8.95. The first-order valence-electron chi connectivity index (χ1n) is 6.40. The van der Waals surface area contributed by atoms with E-state index in [9.17, 15) is 0 Å². The quantitative estimate of drug-likeness (QED) is 0.549. The number of imidazole rings is 1. The number of aromatic nitrogens is 4. The molecule has 21 heavy (non-hydrogen) atoms. The number of fused-ring (bicyclic) bond motifs is 1. The first-order valence-corrected chi connectivity index (χ1v) is 6.40. The normalized spacial score (nSPS) is 10.5. The van der Waals surface area contributed by atoms with E-state index in [0.717, 1.165) is 22.6 Å². The minimum absolute atomic E-state index is 0.255. The van der Waals surface area contributed by atoms with Crippen LogP contribution in [0.25, 0.3) is 11.0 Å². The predicted octanol–water partition coefficient (Wildman–Crippen LogP) is 1.23. The fraction of sp³-hybridized carbons (Fsp3) is 0.143.